The monoisotopic (exact) mass is 220 g/mol. The van der Waals surface area contributed by atoms with Gasteiger partial charge in [-0.25, -0.2) is 0 Å². The Hall–Kier alpha value is -0.760. The first-order valence-corrected chi connectivity index (χ1v) is 6.62. The van der Waals surface area contributed by atoms with Gasteiger partial charge in [0.2, 0.25) is 0 Å². The van der Waals surface area contributed by atoms with Crippen LogP contribution < -0.4 is 0 Å². The van der Waals surface area contributed by atoms with Crippen LogP contribution in [0.5, 0.6) is 0 Å². The Labute approximate surface area is 99.0 Å². The van der Waals surface area contributed by atoms with Gasteiger partial charge in [-0.15, -0.1) is 0 Å². The zero-order chi connectivity index (χ0) is 11.7. The van der Waals surface area contributed by atoms with Gasteiger partial charge in [-0.3, -0.25) is 4.90 Å². The van der Waals surface area contributed by atoms with Gasteiger partial charge in [0.1, 0.15) is 0 Å². The fraction of sp³-hybridized carbons (Fsp3) is 0.714. The second-order valence-corrected chi connectivity index (χ2v) is 5.14. The molecule has 0 spiro atoms. The highest BCUT2D eigenvalue weighted by molar-refractivity contribution is 5.28. The maximum Gasteiger partial charge on any atom is 0.0369 e. The molecule has 0 amide bonds. The molecule has 0 saturated carbocycles. The molecule has 2 heteroatoms. The normalized spacial score (nSPS) is 26.1. The highest BCUT2D eigenvalue weighted by Crippen LogP contribution is 2.37. The third-order valence-corrected chi connectivity index (χ3v) is 3.90. The summed E-state index contributed by atoms with van der Waals surface area (Å²) in [4.78, 5) is 6.12. The lowest BCUT2D eigenvalue weighted by molar-refractivity contribution is 0.0742. The van der Waals surface area contributed by atoms with Crippen molar-refractivity contribution < 1.29 is 0 Å². The van der Waals surface area contributed by atoms with Crippen molar-refractivity contribution in [3.63, 3.8) is 0 Å². The molecule has 1 aromatic heterocycles. The topological polar surface area (TPSA) is 19.0 Å². The van der Waals surface area contributed by atoms with Crippen LogP contribution in [0.2, 0.25) is 0 Å². The first-order valence-electron chi connectivity index (χ1n) is 6.62. The van der Waals surface area contributed by atoms with E-state index in [0.29, 0.717) is 18.1 Å². The van der Waals surface area contributed by atoms with Gasteiger partial charge < -0.3 is 4.98 Å². The van der Waals surface area contributed by atoms with Crippen LogP contribution in [0.4, 0.5) is 0 Å². The quantitative estimate of drug-likeness (QED) is 0.826. The van der Waals surface area contributed by atoms with Crippen LogP contribution in [0.15, 0.2) is 12.3 Å². The molecule has 1 aromatic rings. The first kappa shape index (κ1) is 11.7. The molecule has 0 saturated heterocycles. The minimum absolute atomic E-state index is 0.611. The molecule has 1 aliphatic rings. The number of H-pyrrole nitrogens is 1. The third kappa shape index (κ3) is 1.80. The number of aromatic amines is 1. The molecule has 2 atom stereocenters. The van der Waals surface area contributed by atoms with E-state index >= 15 is 0 Å². The minimum Gasteiger partial charge on any atom is -0.365 e. The van der Waals surface area contributed by atoms with Crippen LogP contribution in [0, 0.1) is 0 Å². The van der Waals surface area contributed by atoms with E-state index in [2.05, 4.69) is 49.8 Å². The molecule has 90 valence electrons. The van der Waals surface area contributed by atoms with Crippen molar-refractivity contribution in [1.82, 2.24) is 9.88 Å². The number of nitrogens with zero attached hydrogens (tertiary/aromatic N) is 1. The zero-order valence-corrected chi connectivity index (χ0v) is 11.0. The Morgan fingerprint density at radius 2 is 2.12 bits per heavy atom. The number of hydrogen-bond acceptors (Lipinski definition) is 1. The SMILES string of the molecule is CCC1Cc2[nH]ccc2C(CC)N1C(C)C. The summed E-state index contributed by atoms with van der Waals surface area (Å²) in [5, 5.41) is 0. The lowest BCUT2D eigenvalue weighted by atomic mass is 9.89. The van der Waals surface area contributed by atoms with E-state index in [0.717, 1.165) is 0 Å². The standard InChI is InChI=1S/C14H24N2/c1-5-11-9-13-12(7-8-15-13)14(6-2)16(11)10(3)4/h7-8,10-11,14-15H,5-6,9H2,1-4H3. The first-order chi connectivity index (χ1) is 7.69. The van der Waals surface area contributed by atoms with Gasteiger partial charge in [0, 0.05) is 36.4 Å². The second kappa shape index (κ2) is 4.62. The molecule has 1 N–H and O–H groups in total. The van der Waals surface area contributed by atoms with Gasteiger partial charge in [0.15, 0.2) is 0 Å². The highest BCUT2D eigenvalue weighted by atomic mass is 15.2. The van der Waals surface area contributed by atoms with E-state index in [4.69, 9.17) is 0 Å². The lowest BCUT2D eigenvalue weighted by Crippen LogP contribution is -2.46. The van der Waals surface area contributed by atoms with Crippen LogP contribution in [0.25, 0.3) is 0 Å². The smallest absolute Gasteiger partial charge is 0.0369 e. The van der Waals surface area contributed by atoms with E-state index < -0.39 is 0 Å². The summed E-state index contributed by atoms with van der Waals surface area (Å²) >= 11 is 0. The Kier molecular flexibility index (Phi) is 3.38. The summed E-state index contributed by atoms with van der Waals surface area (Å²) < 4.78 is 0. The molecular formula is C14H24N2. The molecule has 0 aliphatic carbocycles. The van der Waals surface area contributed by atoms with Gasteiger partial charge in [0.25, 0.3) is 0 Å². The summed E-state index contributed by atoms with van der Waals surface area (Å²) in [5.41, 5.74) is 3.00. The summed E-state index contributed by atoms with van der Waals surface area (Å²) in [6.45, 7) is 9.25. The van der Waals surface area contributed by atoms with Gasteiger partial charge in [-0.2, -0.15) is 0 Å². The van der Waals surface area contributed by atoms with Crippen LogP contribution >= 0.6 is 0 Å². The molecule has 0 aromatic carbocycles. The zero-order valence-electron chi connectivity index (χ0n) is 11.0. The molecule has 0 fully saturated rings. The molecule has 2 heterocycles. The van der Waals surface area contributed by atoms with Crippen molar-refractivity contribution in [3.05, 3.63) is 23.5 Å². The number of nitrogens with one attached hydrogen (secondary N) is 1. The molecule has 2 unspecified atom stereocenters. The summed E-state index contributed by atoms with van der Waals surface area (Å²) in [6, 6.07) is 4.22. The van der Waals surface area contributed by atoms with Crippen LogP contribution in [0.3, 0.4) is 0 Å². The van der Waals surface area contributed by atoms with Crippen molar-refractivity contribution in [2.24, 2.45) is 0 Å². The van der Waals surface area contributed by atoms with Crippen molar-refractivity contribution in [2.45, 2.75) is 65.1 Å². The van der Waals surface area contributed by atoms with E-state index in [1.165, 1.54) is 30.5 Å². The van der Waals surface area contributed by atoms with Crippen molar-refractivity contribution in [3.8, 4) is 0 Å². The number of hydrogen-bond donors (Lipinski definition) is 1. The Balaban J connectivity index is 2.37. The van der Waals surface area contributed by atoms with Crippen molar-refractivity contribution >= 4 is 0 Å². The number of fused-ring (bicyclic) bond motifs is 1. The molecule has 1 aliphatic heterocycles. The maximum absolute atomic E-state index is 3.42. The maximum atomic E-state index is 3.42. The largest absolute Gasteiger partial charge is 0.365 e. The third-order valence-electron chi connectivity index (χ3n) is 3.90. The Morgan fingerprint density at radius 3 is 2.69 bits per heavy atom. The molecule has 16 heavy (non-hydrogen) atoms. The summed E-state index contributed by atoms with van der Waals surface area (Å²) in [7, 11) is 0. The number of rotatable bonds is 3. The number of aromatic nitrogens is 1. The minimum atomic E-state index is 0.611. The summed E-state index contributed by atoms with van der Waals surface area (Å²) in [5.74, 6) is 0. The van der Waals surface area contributed by atoms with E-state index in [-0.39, 0.29) is 0 Å². The fourth-order valence-corrected chi connectivity index (χ4v) is 3.23. The van der Waals surface area contributed by atoms with Crippen LogP contribution in [0.1, 0.15) is 57.8 Å². The van der Waals surface area contributed by atoms with Crippen molar-refractivity contribution in [1.29, 1.82) is 0 Å². The van der Waals surface area contributed by atoms with Gasteiger partial charge in [-0.1, -0.05) is 13.8 Å². The van der Waals surface area contributed by atoms with E-state index in [9.17, 15) is 0 Å². The second-order valence-electron chi connectivity index (χ2n) is 5.14. The average molecular weight is 220 g/mol. The van der Waals surface area contributed by atoms with Gasteiger partial charge in [-0.05, 0) is 38.3 Å². The average Bonchev–Trinajstić information content (AvgIpc) is 2.73. The van der Waals surface area contributed by atoms with Crippen LogP contribution in [-0.2, 0) is 6.42 Å². The Bertz CT molecular complexity index is 340. The summed E-state index contributed by atoms with van der Waals surface area (Å²) in [6.07, 6.45) is 5.74. The van der Waals surface area contributed by atoms with E-state index in [1.807, 2.05) is 0 Å². The predicted octanol–water partition coefficient (Wildman–Crippen LogP) is 3.51. The van der Waals surface area contributed by atoms with Gasteiger partial charge in [0.05, 0.1) is 0 Å². The predicted molar refractivity (Wildman–Crippen MR) is 68.6 cm³/mol. The van der Waals surface area contributed by atoms with Gasteiger partial charge >= 0.3 is 0 Å². The molecule has 2 nitrogen and oxygen atoms in total. The Morgan fingerprint density at radius 1 is 1.38 bits per heavy atom. The van der Waals surface area contributed by atoms with Crippen LogP contribution in [-0.4, -0.2) is 22.0 Å². The fourth-order valence-electron chi connectivity index (χ4n) is 3.23. The molecular weight excluding hydrogens is 196 g/mol. The molecule has 0 radical (unpaired) electrons. The van der Waals surface area contributed by atoms with Crippen molar-refractivity contribution in [2.75, 3.05) is 0 Å². The molecule has 2 rings (SSSR count). The molecule has 0 bridgehead atoms. The highest BCUT2D eigenvalue weighted by Gasteiger charge is 2.34. The lowest BCUT2D eigenvalue weighted by Gasteiger charge is -2.44. The van der Waals surface area contributed by atoms with E-state index in [1.54, 1.807) is 0 Å².